The number of hydrogen-bond acceptors (Lipinski definition) is 6. The Bertz CT molecular complexity index is 1070. The van der Waals surface area contributed by atoms with Crippen LogP contribution in [0.15, 0.2) is 0 Å². The highest BCUT2D eigenvalue weighted by atomic mass is 16.5. The normalized spacial score (nSPS) is 12.9. The summed E-state index contributed by atoms with van der Waals surface area (Å²) in [5.41, 5.74) is 0. The Balaban J connectivity index is 5.07. The molecule has 0 aliphatic rings. The second kappa shape index (κ2) is 53.2. The van der Waals surface area contributed by atoms with Gasteiger partial charge in [0.15, 0.2) is 0 Å². The van der Waals surface area contributed by atoms with Crippen molar-refractivity contribution in [1.82, 2.24) is 10.2 Å². The molecule has 7 nitrogen and oxygen atoms in total. The summed E-state index contributed by atoms with van der Waals surface area (Å²) >= 11 is 0. The number of carbonyl (C=O) groups excluding carboxylic acids is 3. The zero-order valence-corrected chi connectivity index (χ0v) is 46.9. The largest absolute Gasteiger partial charge is 0.465 e. The number of nitrogens with zero attached hydrogens (tertiary/aromatic N) is 1. The first kappa shape index (κ1) is 66.4. The van der Waals surface area contributed by atoms with Gasteiger partial charge in [-0.05, 0) is 95.6 Å². The highest BCUT2D eigenvalue weighted by Crippen LogP contribution is 2.24. The molecule has 7 heteroatoms. The topological polar surface area (TPSA) is 84.9 Å². The molecule has 0 bridgehead atoms. The third-order valence-electron chi connectivity index (χ3n) is 14.6. The molecule has 1 amide bonds. The summed E-state index contributed by atoms with van der Waals surface area (Å²) in [6.45, 7) is 17.7. The Kier molecular flexibility index (Phi) is 51.9. The lowest BCUT2D eigenvalue weighted by atomic mass is 9.95. The predicted octanol–water partition coefficient (Wildman–Crippen LogP) is 18.4. The number of ether oxygens (including phenoxy) is 2. The summed E-state index contributed by atoms with van der Waals surface area (Å²) in [6.07, 6.45) is 50.6. The summed E-state index contributed by atoms with van der Waals surface area (Å²) in [7, 11) is 0. The average Bonchev–Trinajstić information content (AvgIpc) is 3.34. The second-order valence-electron chi connectivity index (χ2n) is 21.3. The molecule has 0 aromatic carbocycles. The van der Waals surface area contributed by atoms with Crippen molar-refractivity contribution < 1.29 is 23.9 Å². The summed E-state index contributed by atoms with van der Waals surface area (Å²) in [4.78, 5) is 41.7. The molecule has 0 aliphatic carbocycles. The molecule has 0 heterocycles. The van der Waals surface area contributed by atoms with Gasteiger partial charge in [-0.3, -0.25) is 14.4 Å². The number of amides is 1. The van der Waals surface area contributed by atoms with E-state index in [-0.39, 0.29) is 11.9 Å². The first-order valence-corrected chi connectivity index (χ1v) is 30.7. The van der Waals surface area contributed by atoms with Gasteiger partial charge in [-0.15, -0.1) is 0 Å². The third kappa shape index (κ3) is 44.3. The molecule has 0 aromatic heterocycles. The smallest absolute Gasteiger partial charge is 0.305 e. The fraction of sp³-hybridized carbons (Fsp3) is 0.951. The van der Waals surface area contributed by atoms with E-state index in [0.717, 1.165) is 103 Å². The molecule has 0 saturated heterocycles. The number of carbonyl (C=O) groups is 3. The maximum atomic E-state index is 14.0. The maximum absolute atomic E-state index is 14.0. The fourth-order valence-corrected chi connectivity index (χ4v) is 9.94. The van der Waals surface area contributed by atoms with Gasteiger partial charge < -0.3 is 19.7 Å². The van der Waals surface area contributed by atoms with E-state index in [1.54, 1.807) is 0 Å². The van der Waals surface area contributed by atoms with Gasteiger partial charge in [0.1, 0.15) is 0 Å². The van der Waals surface area contributed by atoms with Crippen LogP contribution in [0.4, 0.5) is 0 Å². The van der Waals surface area contributed by atoms with Crippen molar-refractivity contribution in [3.63, 3.8) is 0 Å². The van der Waals surface area contributed by atoms with Crippen LogP contribution < -0.4 is 5.32 Å². The molecule has 3 atom stereocenters. The monoisotopic (exact) mass is 961 g/mol. The van der Waals surface area contributed by atoms with Crippen molar-refractivity contribution in [3.8, 4) is 0 Å². The molecule has 68 heavy (non-hydrogen) atoms. The van der Waals surface area contributed by atoms with E-state index in [4.69, 9.17) is 9.47 Å². The number of hydrogen-bond donors (Lipinski definition) is 1. The third-order valence-corrected chi connectivity index (χ3v) is 14.6. The molecular weight excluding hydrogens is 841 g/mol. The Labute approximate surface area is 425 Å². The van der Waals surface area contributed by atoms with Gasteiger partial charge in [0.25, 0.3) is 0 Å². The zero-order valence-electron chi connectivity index (χ0n) is 46.9. The van der Waals surface area contributed by atoms with E-state index in [9.17, 15) is 14.4 Å². The maximum Gasteiger partial charge on any atom is 0.305 e. The Hall–Kier alpha value is -1.63. The highest BCUT2D eigenvalue weighted by Gasteiger charge is 2.23. The molecule has 0 rings (SSSR count). The van der Waals surface area contributed by atoms with E-state index in [1.807, 2.05) is 0 Å². The van der Waals surface area contributed by atoms with E-state index in [0.29, 0.717) is 56.3 Å². The molecule has 0 aromatic rings. The van der Waals surface area contributed by atoms with E-state index < -0.39 is 0 Å². The van der Waals surface area contributed by atoms with Crippen LogP contribution >= 0.6 is 0 Å². The van der Waals surface area contributed by atoms with Crippen LogP contribution in [0.3, 0.4) is 0 Å². The standard InChI is InChI=1S/C61H120N2O5/c1-7-13-19-22-30-38-48-59(64)63(53-41-52-62-51-18-12-6)58(46-36-28-23-25-31-39-49-60(65)67-54-56(42-17-11-5)45-35-27-20-14-8-2)47-37-29-24-26-32-40-50-61(66)68-55-57(43-33-16-10-4)44-34-21-15-9-3/h56-58,62H,7-55H2,1-6H3. The van der Waals surface area contributed by atoms with Crippen LogP contribution in [0.25, 0.3) is 0 Å². The minimum absolute atomic E-state index is 0.00185. The zero-order chi connectivity index (χ0) is 49.8. The van der Waals surface area contributed by atoms with Crippen LogP contribution in [0.5, 0.6) is 0 Å². The summed E-state index contributed by atoms with van der Waals surface area (Å²) in [6, 6.07) is 0.317. The number of rotatable bonds is 55. The van der Waals surface area contributed by atoms with Gasteiger partial charge in [0.05, 0.1) is 13.2 Å². The molecule has 3 unspecified atom stereocenters. The van der Waals surface area contributed by atoms with Gasteiger partial charge in [-0.2, -0.15) is 0 Å². The molecule has 0 radical (unpaired) electrons. The van der Waals surface area contributed by atoms with Gasteiger partial charge in [-0.25, -0.2) is 0 Å². The van der Waals surface area contributed by atoms with Crippen LogP contribution in [-0.4, -0.2) is 61.6 Å². The SMILES string of the molecule is CCCCCCCCC(=O)N(CCCNCCCC)C(CCCCCCCCC(=O)OCC(CCCC)CCCCCCC)CCCCCCCCC(=O)OCC(CCCCC)CCCCCC. The highest BCUT2D eigenvalue weighted by molar-refractivity contribution is 5.76. The lowest BCUT2D eigenvalue weighted by molar-refractivity contribution is -0.146. The first-order chi connectivity index (χ1) is 33.4. The van der Waals surface area contributed by atoms with Crippen molar-refractivity contribution in [3.05, 3.63) is 0 Å². The second-order valence-corrected chi connectivity index (χ2v) is 21.3. The van der Waals surface area contributed by atoms with Crippen LogP contribution in [0.1, 0.15) is 324 Å². The molecule has 0 spiro atoms. The lowest BCUT2D eigenvalue weighted by Gasteiger charge is -2.33. The van der Waals surface area contributed by atoms with Gasteiger partial charge >= 0.3 is 11.9 Å². The van der Waals surface area contributed by atoms with Crippen molar-refractivity contribution >= 4 is 17.8 Å². The van der Waals surface area contributed by atoms with E-state index in [1.165, 1.54) is 180 Å². The minimum Gasteiger partial charge on any atom is -0.465 e. The molecule has 0 fully saturated rings. The number of esters is 2. The quantitative estimate of drug-likeness (QED) is 0.0483. The van der Waals surface area contributed by atoms with Crippen LogP contribution in [-0.2, 0) is 23.9 Å². The summed E-state index contributed by atoms with van der Waals surface area (Å²) < 4.78 is 11.6. The molecular formula is C61H120N2O5. The average molecular weight is 962 g/mol. The van der Waals surface area contributed by atoms with Gasteiger partial charge in [0.2, 0.25) is 5.91 Å². The number of unbranched alkanes of at least 4 members (excludes halogenated alkanes) is 26. The van der Waals surface area contributed by atoms with Gasteiger partial charge in [0, 0.05) is 31.8 Å². The molecule has 1 N–H and O–H groups in total. The molecule has 0 saturated carbocycles. The lowest BCUT2D eigenvalue weighted by Crippen LogP contribution is -2.42. The number of nitrogens with one attached hydrogen (secondary N) is 1. The van der Waals surface area contributed by atoms with Crippen LogP contribution in [0.2, 0.25) is 0 Å². The van der Waals surface area contributed by atoms with E-state index in [2.05, 4.69) is 51.8 Å². The van der Waals surface area contributed by atoms with Crippen molar-refractivity contribution in [2.45, 2.75) is 330 Å². The Morgan fingerprint density at radius 1 is 0.353 bits per heavy atom. The fourth-order valence-electron chi connectivity index (χ4n) is 9.94. The summed E-state index contributed by atoms with van der Waals surface area (Å²) in [5.74, 6) is 1.42. The predicted molar refractivity (Wildman–Crippen MR) is 294 cm³/mol. The van der Waals surface area contributed by atoms with Crippen LogP contribution in [0, 0.1) is 11.8 Å². The van der Waals surface area contributed by atoms with Gasteiger partial charge in [-0.1, -0.05) is 234 Å². The molecule has 0 aliphatic heterocycles. The minimum atomic E-state index is -0.00326. The first-order valence-electron chi connectivity index (χ1n) is 30.7. The van der Waals surface area contributed by atoms with Crippen molar-refractivity contribution in [2.75, 3.05) is 32.8 Å². The Morgan fingerprint density at radius 3 is 1.13 bits per heavy atom. The van der Waals surface area contributed by atoms with Crippen molar-refractivity contribution in [1.29, 1.82) is 0 Å². The van der Waals surface area contributed by atoms with E-state index >= 15 is 0 Å². The molecule has 404 valence electrons. The van der Waals surface area contributed by atoms with Crippen molar-refractivity contribution in [2.24, 2.45) is 11.8 Å². The summed E-state index contributed by atoms with van der Waals surface area (Å²) in [5, 5.41) is 3.63. The Morgan fingerprint density at radius 2 is 0.676 bits per heavy atom.